The van der Waals surface area contributed by atoms with E-state index >= 15 is 0 Å². The van der Waals surface area contributed by atoms with Gasteiger partial charge in [-0.2, -0.15) is 4.68 Å². The molecule has 3 aromatic rings. The van der Waals surface area contributed by atoms with E-state index in [1.165, 1.54) is 0 Å². The third kappa shape index (κ3) is 4.65. The van der Waals surface area contributed by atoms with Gasteiger partial charge in [0, 0.05) is 6.54 Å². The highest BCUT2D eigenvalue weighted by Gasteiger charge is 2.13. The Labute approximate surface area is 176 Å². The minimum Gasteiger partial charge on any atom is -0.493 e. The number of benzene rings is 2. The highest BCUT2D eigenvalue weighted by molar-refractivity contribution is 7.71. The van der Waals surface area contributed by atoms with Crippen LogP contribution in [-0.2, 0) is 13.2 Å². The highest BCUT2D eigenvalue weighted by atomic mass is 32.1. The maximum absolute atomic E-state index is 5.63. The number of ether oxygens (including phenoxy) is 2. The van der Waals surface area contributed by atoms with Crippen LogP contribution in [0.1, 0.15) is 23.6 Å². The molecule has 0 aliphatic carbocycles. The molecule has 0 amide bonds. The summed E-state index contributed by atoms with van der Waals surface area (Å²) in [5.41, 5.74) is 4.33. The number of rotatable bonds is 8. The summed E-state index contributed by atoms with van der Waals surface area (Å²) in [6, 6.07) is 12.1. The van der Waals surface area contributed by atoms with Crippen LogP contribution in [-0.4, -0.2) is 45.5 Å². The summed E-state index contributed by atoms with van der Waals surface area (Å²) in [7, 11) is 3.67. The van der Waals surface area contributed by atoms with Gasteiger partial charge >= 0.3 is 0 Å². The van der Waals surface area contributed by atoms with E-state index in [-0.39, 0.29) is 0 Å². The Morgan fingerprint density at radius 3 is 2.45 bits per heavy atom. The SMILES string of the molecule is CCOc1ccc(CN(C)Cn2nnn(-c3c(C)cccc3C)c2=S)cc1OC. The van der Waals surface area contributed by atoms with Crippen molar-refractivity contribution in [1.82, 2.24) is 24.7 Å². The Morgan fingerprint density at radius 2 is 1.79 bits per heavy atom. The van der Waals surface area contributed by atoms with Crippen molar-refractivity contribution in [1.29, 1.82) is 0 Å². The standard InChI is InChI=1S/C21H27N5O2S/c1-6-28-18-11-10-17(12-19(18)27-5)13-24(4)14-25-21(29)26(23-22-25)20-15(2)8-7-9-16(20)3/h7-12H,6,13-14H2,1-5H3. The predicted octanol–water partition coefficient (Wildman–Crippen LogP) is 3.91. The van der Waals surface area contributed by atoms with E-state index in [1.807, 2.05) is 38.2 Å². The zero-order valence-electron chi connectivity index (χ0n) is 17.5. The Morgan fingerprint density at radius 1 is 1.07 bits per heavy atom. The summed E-state index contributed by atoms with van der Waals surface area (Å²) in [5.74, 6) is 1.48. The van der Waals surface area contributed by atoms with Crippen LogP contribution in [0.2, 0.25) is 0 Å². The maximum Gasteiger partial charge on any atom is 0.221 e. The first kappa shape index (κ1) is 21.0. The van der Waals surface area contributed by atoms with E-state index in [4.69, 9.17) is 21.7 Å². The molecule has 154 valence electrons. The summed E-state index contributed by atoms with van der Waals surface area (Å²) in [4.78, 5) is 2.12. The number of para-hydroxylation sites is 1. The molecule has 0 saturated carbocycles. The molecule has 8 heteroatoms. The first-order valence-corrected chi connectivity index (χ1v) is 9.93. The lowest BCUT2D eigenvalue weighted by Gasteiger charge is -2.17. The molecule has 0 spiro atoms. The number of hydrogen-bond donors (Lipinski definition) is 0. The fourth-order valence-electron chi connectivity index (χ4n) is 3.32. The summed E-state index contributed by atoms with van der Waals surface area (Å²) in [6.45, 7) is 7.89. The van der Waals surface area contributed by atoms with Crippen molar-refractivity contribution in [3.63, 3.8) is 0 Å². The first-order valence-electron chi connectivity index (χ1n) is 9.52. The lowest BCUT2D eigenvalue weighted by Crippen LogP contribution is -2.22. The molecule has 0 aliphatic heterocycles. The van der Waals surface area contributed by atoms with Crippen molar-refractivity contribution in [3.05, 3.63) is 57.9 Å². The van der Waals surface area contributed by atoms with Crippen LogP contribution in [0.25, 0.3) is 5.69 Å². The minimum absolute atomic E-state index is 0.527. The van der Waals surface area contributed by atoms with Crippen molar-refractivity contribution in [3.8, 4) is 17.2 Å². The maximum atomic E-state index is 5.63. The van der Waals surface area contributed by atoms with Crippen LogP contribution in [0.5, 0.6) is 11.5 Å². The second kappa shape index (κ2) is 9.19. The Bertz CT molecular complexity index is 1020. The number of aromatic nitrogens is 4. The molecule has 3 rings (SSSR count). The van der Waals surface area contributed by atoms with E-state index in [2.05, 4.69) is 41.3 Å². The largest absolute Gasteiger partial charge is 0.493 e. The zero-order chi connectivity index (χ0) is 21.0. The Kier molecular flexibility index (Phi) is 6.66. The molecule has 29 heavy (non-hydrogen) atoms. The van der Waals surface area contributed by atoms with Crippen molar-refractivity contribution in [2.45, 2.75) is 34.0 Å². The fourth-order valence-corrected chi connectivity index (χ4v) is 3.54. The van der Waals surface area contributed by atoms with Gasteiger partial charge < -0.3 is 9.47 Å². The van der Waals surface area contributed by atoms with E-state index in [9.17, 15) is 0 Å². The van der Waals surface area contributed by atoms with Gasteiger partial charge in [-0.05, 0) is 79.3 Å². The molecule has 0 radical (unpaired) electrons. The van der Waals surface area contributed by atoms with E-state index in [0.29, 0.717) is 24.6 Å². The summed E-state index contributed by atoms with van der Waals surface area (Å²) < 4.78 is 15.1. The van der Waals surface area contributed by atoms with E-state index in [0.717, 1.165) is 33.9 Å². The molecule has 1 heterocycles. The monoisotopic (exact) mass is 413 g/mol. The van der Waals surface area contributed by atoms with Crippen LogP contribution < -0.4 is 9.47 Å². The van der Waals surface area contributed by atoms with Gasteiger partial charge in [0.15, 0.2) is 11.5 Å². The highest BCUT2D eigenvalue weighted by Crippen LogP contribution is 2.28. The lowest BCUT2D eigenvalue weighted by molar-refractivity contribution is 0.241. The van der Waals surface area contributed by atoms with Gasteiger partial charge in [0.05, 0.1) is 26.1 Å². The molecular formula is C21H27N5O2S. The minimum atomic E-state index is 0.527. The quantitative estimate of drug-likeness (QED) is 0.522. The zero-order valence-corrected chi connectivity index (χ0v) is 18.4. The van der Waals surface area contributed by atoms with Gasteiger partial charge in [-0.1, -0.05) is 24.3 Å². The lowest BCUT2D eigenvalue weighted by atomic mass is 10.1. The molecule has 2 aromatic carbocycles. The first-order chi connectivity index (χ1) is 13.9. The van der Waals surface area contributed by atoms with Crippen molar-refractivity contribution >= 4 is 12.2 Å². The average molecular weight is 414 g/mol. The molecule has 0 saturated heterocycles. The van der Waals surface area contributed by atoms with Crippen LogP contribution in [0.4, 0.5) is 0 Å². The Balaban J connectivity index is 1.76. The van der Waals surface area contributed by atoms with E-state index < -0.39 is 0 Å². The molecule has 0 N–H and O–H groups in total. The van der Waals surface area contributed by atoms with Crippen LogP contribution in [0, 0.1) is 18.6 Å². The van der Waals surface area contributed by atoms with Gasteiger partial charge in [0.25, 0.3) is 0 Å². The van der Waals surface area contributed by atoms with Gasteiger partial charge in [-0.25, -0.2) is 4.68 Å². The van der Waals surface area contributed by atoms with Gasteiger partial charge in [0.2, 0.25) is 4.77 Å². The molecule has 7 nitrogen and oxygen atoms in total. The van der Waals surface area contributed by atoms with Crippen molar-refractivity contribution in [2.75, 3.05) is 20.8 Å². The summed E-state index contributed by atoms with van der Waals surface area (Å²) in [6.07, 6.45) is 0. The molecular weight excluding hydrogens is 386 g/mol. The van der Waals surface area contributed by atoms with Crippen LogP contribution in [0.15, 0.2) is 36.4 Å². The molecule has 0 fully saturated rings. The van der Waals surface area contributed by atoms with Crippen molar-refractivity contribution in [2.24, 2.45) is 0 Å². The van der Waals surface area contributed by atoms with Crippen LogP contribution in [0.3, 0.4) is 0 Å². The molecule has 0 aliphatic rings. The van der Waals surface area contributed by atoms with Gasteiger partial charge in [0.1, 0.15) is 0 Å². The molecule has 0 bridgehead atoms. The number of aryl methyl sites for hydroxylation is 2. The average Bonchev–Trinajstić information content (AvgIpc) is 3.03. The predicted molar refractivity (Wildman–Crippen MR) is 115 cm³/mol. The second-order valence-electron chi connectivity index (χ2n) is 6.99. The third-order valence-corrected chi connectivity index (χ3v) is 5.03. The molecule has 1 aromatic heterocycles. The van der Waals surface area contributed by atoms with Crippen LogP contribution >= 0.6 is 12.2 Å². The summed E-state index contributed by atoms with van der Waals surface area (Å²) in [5, 5.41) is 8.56. The van der Waals surface area contributed by atoms with E-state index in [1.54, 1.807) is 16.5 Å². The number of methoxy groups -OCH3 is 1. The normalized spacial score (nSPS) is 11.1. The smallest absolute Gasteiger partial charge is 0.221 e. The molecule has 0 unspecified atom stereocenters. The number of tetrazole rings is 1. The van der Waals surface area contributed by atoms with Crippen molar-refractivity contribution < 1.29 is 9.47 Å². The fraction of sp³-hybridized carbons (Fsp3) is 0.381. The number of nitrogens with zero attached hydrogens (tertiary/aromatic N) is 5. The summed E-state index contributed by atoms with van der Waals surface area (Å²) >= 11 is 5.63. The topological polar surface area (TPSA) is 57.3 Å². The second-order valence-corrected chi connectivity index (χ2v) is 7.35. The van der Waals surface area contributed by atoms with Gasteiger partial charge in [-0.15, -0.1) is 0 Å². The third-order valence-electron chi connectivity index (χ3n) is 4.65. The molecule has 0 atom stereocenters. The van der Waals surface area contributed by atoms with Gasteiger partial charge in [-0.3, -0.25) is 4.90 Å². The Hall–Kier alpha value is -2.71. The number of hydrogen-bond acceptors (Lipinski definition) is 6.